The molecule has 5 unspecified atom stereocenters. The van der Waals surface area contributed by atoms with E-state index in [1.807, 2.05) is 0 Å². The minimum atomic E-state index is -6.47. The fourth-order valence-electron chi connectivity index (χ4n) is 5.33. The number of fused-ring (bicyclic) bond motifs is 2. The Balaban J connectivity index is 1.01. The number of phosphoric acid groups is 5. The molecule has 0 spiro atoms. The van der Waals surface area contributed by atoms with Gasteiger partial charge in [-0.3, -0.25) is 28.0 Å². The van der Waals surface area contributed by atoms with Crippen LogP contribution in [0, 0.1) is 0 Å². The van der Waals surface area contributed by atoms with Crippen molar-refractivity contribution in [1.29, 1.82) is 0 Å². The van der Waals surface area contributed by atoms with E-state index in [0.717, 1.165) is 28.1 Å². The monoisotopic (exact) mass is 932 g/mol. The van der Waals surface area contributed by atoms with Gasteiger partial charge in [0.2, 0.25) is 5.95 Å². The summed E-state index contributed by atoms with van der Waals surface area (Å²) < 4.78 is 98.6. The maximum atomic E-state index is 12.4. The first-order valence-corrected chi connectivity index (χ1v) is 22.7. The normalized spacial score (nSPS) is 30.4. The Kier molecular flexibility index (Phi) is 12.4. The molecule has 0 saturated carbocycles. The fraction of sp³-hybridized carbons (Fsp3) is 0.500. The molecule has 38 heteroatoms. The summed E-state index contributed by atoms with van der Waals surface area (Å²) in [5.41, 5.74) is 10.1. The summed E-state index contributed by atoms with van der Waals surface area (Å²) in [6.45, 7) is -2.40. The molecule has 0 aromatic carbocycles. The quantitative estimate of drug-likeness (QED) is 0.0497. The zero-order chi connectivity index (χ0) is 42.7. The van der Waals surface area contributed by atoms with Gasteiger partial charge >= 0.3 is 39.1 Å². The summed E-state index contributed by atoms with van der Waals surface area (Å²) in [5, 5.41) is 41.8. The lowest BCUT2D eigenvalue weighted by Gasteiger charge is -2.21. The SMILES string of the molecule is Nc1nc2c(ncn2[C@@H]2O[C@H](COP(=O)(O)OP(=O)(O)OP(=O)(O)OP(=O)(O)OP(=O)(O)OC[C@H]3O[C@@H](n4cnc5c(N)ncnc54)[C@H](O)[C@@H]3O)[C@@H](O)[C@H]2O)c(=O)[nH]1. The van der Waals surface area contributed by atoms with Crippen molar-refractivity contribution < 1.29 is 103 Å². The number of nitrogens with two attached hydrogens (primary N) is 2. The molecule has 4 aromatic heterocycles. The molecule has 13 atom stereocenters. The third-order valence-corrected chi connectivity index (χ3v) is 15.2. The Morgan fingerprint density at radius 3 is 1.55 bits per heavy atom. The van der Waals surface area contributed by atoms with E-state index in [-0.39, 0.29) is 34.1 Å². The topological polar surface area (TPSA) is 500 Å². The van der Waals surface area contributed by atoms with Crippen LogP contribution in [0.5, 0.6) is 0 Å². The number of nitrogen functional groups attached to an aromatic ring is 2. The lowest BCUT2D eigenvalue weighted by Crippen LogP contribution is -2.33. The van der Waals surface area contributed by atoms with Crippen molar-refractivity contribution in [3.8, 4) is 0 Å². The van der Waals surface area contributed by atoms with Crippen LogP contribution in [0.4, 0.5) is 11.8 Å². The molecule has 14 N–H and O–H groups in total. The lowest BCUT2D eigenvalue weighted by atomic mass is 10.1. The summed E-state index contributed by atoms with van der Waals surface area (Å²) in [4.78, 5) is 82.8. The van der Waals surface area contributed by atoms with Crippen molar-refractivity contribution in [2.45, 2.75) is 49.1 Å². The Morgan fingerprint density at radius 1 is 0.638 bits per heavy atom. The van der Waals surface area contributed by atoms with Gasteiger partial charge in [-0.25, -0.2) is 42.8 Å². The molecule has 33 nitrogen and oxygen atoms in total. The molecule has 2 fully saturated rings. The number of hydrogen-bond donors (Lipinski definition) is 12. The molecule has 6 rings (SSSR count). The van der Waals surface area contributed by atoms with Gasteiger partial charge in [0, 0.05) is 0 Å². The molecule has 58 heavy (non-hydrogen) atoms. The fourth-order valence-corrected chi connectivity index (χ4v) is 11.7. The molecular formula is C20H29N10O23P5. The molecule has 0 radical (unpaired) electrons. The van der Waals surface area contributed by atoms with Crippen LogP contribution in [0.25, 0.3) is 22.3 Å². The van der Waals surface area contributed by atoms with E-state index in [4.69, 9.17) is 20.9 Å². The predicted molar refractivity (Wildman–Crippen MR) is 180 cm³/mol. The number of nitrogens with zero attached hydrogens (tertiary/aromatic N) is 7. The standard InChI is InChI=1S/C20H29N10O23P5/c21-14-8-15(24-3-23-14)29(4-25-8)18-12(33)10(31)6(48-18)1-46-54(36,37)50-56(40,41)52-58(44,45)53-57(42,43)51-55(38,39)47-2-7-11(32)13(34)19(49-7)30-5-26-9-16(30)27-20(22)28-17(9)35/h3-7,10-13,18-19,31-34H,1-2H2,(H,36,37)(H,38,39)(H,40,41)(H,42,43)(H,44,45)(H2,21,23,24)(H3,22,27,28,35)/t6-,7-,10-,11-,12-,13-,18-,19-/m1/s1. The van der Waals surface area contributed by atoms with Crippen LogP contribution in [0.3, 0.4) is 0 Å². The third-order valence-electron chi connectivity index (χ3n) is 7.69. The average molecular weight is 932 g/mol. The minimum Gasteiger partial charge on any atom is -0.387 e. The largest absolute Gasteiger partial charge is 0.490 e. The number of aliphatic hydroxyl groups excluding tert-OH is 4. The Bertz CT molecular complexity index is 2500. The zero-order valence-electron chi connectivity index (χ0n) is 28.0. The number of rotatable bonds is 16. The average Bonchev–Trinajstić information content (AvgIpc) is 3.83. The highest BCUT2D eigenvalue weighted by Gasteiger charge is 2.51. The number of anilines is 2. The second kappa shape index (κ2) is 16.1. The highest BCUT2D eigenvalue weighted by molar-refractivity contribution is 7.71. The first kappa shape index (κ1) is 44.5. The van der Waals surface area contributed by atoms with Gasteiger partial charge < -0.3 is 65.8 Å². The maximum absolute atomic E-state index is 12.4. The van der Waals surface area contributed by atoms with Crippen LogP contribution in [-0.4, -0.2) is 134 Å². The van der Waals surface area contributed by atoms with Crippen molar-refractivity contribution in [3.63, 3.8) is 0 Å². The summed E-state index contributed by atoms with van der Waals surface area (Å²) in [5.74, 6) is -0.402. The van der Waals surface area contributed by atoms with E-state index in [0.29, 0.717) is 0 Å². The first-order chi connectivity index (χ1) is 26.8. The number of hydrogen-bond acceptors (Lipinski definition) is 25. The van der Waals surface area contributed by atoms with E-state index in [1.165, 1.54) is 0 Å². The van der Waals surface area contributed by atoms with Gasteiger partial charge in [0.15, 0.2) is 35.1 Å². The van der Waals surface area contributed by atoms with Crippen molar-refractivity contribution in [2.24, 2.45) is 0 Å². The highest BCUT2D eigenvalue weighted by Crippen LogP contribution is 2.73. The summed E-state index contributed by atoms with van der Waals surface area (Å²) in [7, 11) is -31.0. The summed E-state index contributed by atoms with van der Waals surface area (Å²) >= 11 is 0. The number of nitrogens with one attached hydrogen (secondary N) is 1. The van der Waals surface area contributed by atoms with Crippen LogP contribution < -0.4 is 17.0 Å². The molecule has 2 aliphatic heterocycles. The highest BCUT2D eigenvalue weighted by atomic mass is 31.3. The molecule has 4 aromatic rings. The number of H-pyrrole nitrogens is 1. The molecule has 322 valence electrons. The van der Waals surface area contributed by atoms with E-state index in [9.17, 15) is 72.5 Å². The van der Waals surface area contributed by atoms with Crippen LogP contribution in [0.15, 0.2) is 23.8 Å². The first-order valence-electron chi connectivity index (χ1n) is 15.2. The predicted octanol–water partition coefficient (Wildman–Crippen LogP) is -3.04. The van der Waals surface area contributed by atoms with Crippen LogP contribution in [0.2, 0.25) is 0 Å². The Morgan fingerprint density at radius 2 is 1.07 bits per heavy atom. The minimum absolute atomic E-state index is 0.0438. The van der Waals surface area contributed by atoms with Crippen molar-refractivity contribution in [3.05, 3.63) is 29.3 Å². The van der Waals surface area contributed by atoms with E-state index in [1.54, 1.807) is 0 Å². The van der Waals surface area contributed by atoms with E-state index < -0.39 is 107 Å². The molecule has 0 amide bonds. The van der Waals surface area contributed by atoms with Crippen molar-refractivity contribution >= 4 is 73.2 Å². The summed E-state index contributed by atoms with van der Waals surface area (Å²) in [6.07, 6.45) is -10.7. The second-order valence-corrected chi connectivity index (χ2v) is 19.5. The molecule has 2 aliphatic rings. The Labute approximate surface area is 318 Å². The zero-order valence-corrected chi connectivity index (χ0v) is 32.5. The molecule has 2 saturated heterocycles. The van der Waals surface area contributed by atoms with Gasteiger partial charge in [0.1, 0.15) is 48.5 Å². The van der Waals surface area contributed by atoms with Gasteiger partial charge in [0.25, 0.3) is 5.56 Å². The summed E-state index contributed by atoms with van der Waals surface area (Å²) in [6, 6.07) is 0. The number of ether oxygens (including phenoxy) is 2. The van der Waals surface area contributed by atoms with Gasteiger partial charge in [-0.15, -0.1) is 0 Å². The van der Waals surface area contributed by atoms with Crippen LogP contribution in [-0.2, 0) is 58.6 Å². The van der Waals surface area contributed by atoms with Gasteiger partial charge in [-0.2, -0.15) is 22.2 Å². The lowest BCUT2D eigenvalue weighted by molar-refractivity contribution is -0.0503. The number of aromatic nitrogens is 8. The maximum Gasteiger partial charge on any atom is 0.490 e. The second-order valence-electron chi connectivity index (χ2n) is 11.7. The van der Waals surface area contributed by atoms with Gasteiger partial charge in [-0.05, 0) is 0 Å². The van der Waals surface area contributed by atoms with E-state index in [2.05, 4.69) is 56.2 Å². The van der Waals surface area contributed by atoms with Crippen molar-refractivity contribution in [1.82, 2.24) is 39.0 Å². The number of aromatic amines is 1. The van der Waals surface area contributed by atoms with Crippen LogP contribution >= 0.6 is 39.1 Å². The number of imidazole rings is 2. The smallest absolute Gasteiger partial charge is 0.387 e. The molecular weight excluding hydrogens is 903 g/mol. The third kappa shape index (κ3) is 9.78. The van der Waals surface area contributed by atoms with Crippen molar-refractivity contribution in [2.75, 3.05) is 24.7 Å². The molecule has 0 aliphatic carbocycles. The molecule has 0 bridgehead atoms. The number of aliphatic hydroxyl groups is 4. The Hall–Kier alpha value is -3.03. The van der Waals surface area contributed by atoms with Gasteiger partial charge in [0.05, 0.1) is 25.9 Å². The molecule has 6 heterocycles. The number of phosphoric ester groups is 2. The van der Waals surface area contributed by atoms with Gasteiger partial charge in [-0.1, -0.05) is 0 Å². The van der Waals surface area contributed by atoms with E-state index >= 15 is 0 Å². The van der Waals surface area contributed by atoms with Crippen LogP contribution in [0.1, 0.15) is 12.5 Å².